The van der Waals surface area contributed by atoms with Gasteiger partial charge in [-0.2, -0.15) is 4.98 Å². The van der Waals surface area contributed by atoms with Crippen molar-refractivity contribution in [3.63, 3.8) is 0 Å². The van der Waals surface area contributed by atoms with Gasteiger partial charge in [-0.1, -0.05) is 24.3 Å². The molecule has 0 spiro atoms. The molecule has 3 rings (SSSR count). The van der Waals surface area contributed by atoms with E-state index in [0.29, 0.717) is 18.3 Å². The first-order chi connectivity index (χ1) is 13.6. The Kier molecular flexibility index (Phi) is 6.41. The highest BCUT2D eigenvalue weighted by Crippen LogP contribution is 2.20. The Balaban J connectivity index is 1.60. The first-order valence-corrected chi connectivity index (χ1v) is 8.97. The molecule has 2 aromatic carbocycles. The molecule has 0 aliphatic carbocycles. The fourth-order valence-corrected chi connectivity index (χ4v) is 2.76. The van der Waals surface area contributed by atoms with Crippen LogP contribution in [0, 0.1) is 0 Å². The number of rotatable bonds is 8. The number of aromatic nitrogens is 2. The number of amides is 1. The second-order valence-corrected chi connectivity index (χ2v) is 6.14. The van der Waals surface area contributed by atoms with Crippen molar-refractivity contribution in [3.05, 3.63) is 66.4 Å². The zero-order valence-corrected chi connectivity index (χ0v) is 15.9. The lowest BCUT2D eigenvalue weighted by molar-refractivity contribution is -0.114. The number of carbonyl (C=O) groups excluding carboxylic acids is 1. The van der Waals surface area contributed by atoms with Crippen LogP contribution in [-0.2, 0) is 11.2 Å². The number of benzene rings is 2. The molecule has 1 aromatic heterocycles. The minimum absolute atomic E-state index is 0.110. The maximum absolute atomic E-state index is 11.2. The molecule has 0 radical (unpaired) electrons. The van der Waals surface area contributed by atoms with E-state index < -0.39 is 0 Å². The molecule has 0 fully saturated rings. The van der Waals surface area contributed by atoms with E-state index in [9.17, 15) is 4.79 Å². The quantitative estimate of drug-likeness (QED) is 0.553. The summed E-state index contributed by atoms with van der Waals surface area (Å²) in [6, 6.07) is 17.2. The lowest BCUT2D eigenvalue weighted by Gasteiger charge is -2.11. The van der Waals surface area contributed by atoms with Gasteiger partial charge >= 0.3 is 0 Å². The number of methoxy groups -OCH3 is 1. The Bertz CT molecular complexity index is 945. The van der Waals surface area contributed by atoms with Gasteiger partial charge in [0.25, 0.3) is 0 Å². The molecule has 3 N–H and O–H groups in total. The highest BCUT2D eigenvalue weighted by atomic mass is 16.5. The molecule has 0 aliphatic heterocycles. The molecular formula is C21H23N5O2. The smallest absolute Gasteiger partial charge is 0.224 e. The fraction of sp³-hybridized carbons (Fsp3) is 0.190. The minimum Gasteiger partial charge on any atom is -0.496 e. The van der Waals surface area contributed by atoms with Crippen LogP contribution in [0.2, 0.25) is 0 Å². The maximum atomic E-state index is 11.2. The summed E-state index contributed by atoms with van der Waals surface area (Å²) in [5, 5.41) is 9.22. The van der Waals surface area contributed by atoms with Gasteiger partial charge in [-0.05, 0) is 42.3 Å². The molecular weight excluding hydrogens is 354 g/mol. The average molecular weight is 377 g/mol. The first-order valence-electron chi connectivity index (χ1n) is 8.97. The Labute approximate surface area is 164 Å². The Morgan fingerprint density at radius 2 is 1.89 bits per heavy atom. The lowest BCUT2D eigenvalue weighted by Crippen LogP contribution is -2.09. The molecule has 28 heavy (non-hydrogen) atoms. The molecule has 144 valence electrons. The number of anilines is 4. The van der Waals surface area contributed by atoms with Crippen LogP contribution in [0.25, 0.3) is 0 Å². The summed E-state index contributed by atoms with van der Waals surface area (Å²) in [7, 11) is 1.67. The number of nitrogens with one attached hydrogen (secondary N) is 3. The third-order valence-corrected chi connectivity index (χ3v) is 3.98. The normalized spacial score (nSPS) is 10.2. The van der Waals surface area contributed by atoms with E-state index in [1.54, 1.807) is 19.4 Å². The summed E-state index contributed by atoms with van der Waals surface area (Å²) < 4.78 is 5.37. The van der Waals surface area contributed by atoms with Crippen LogP contribution in [0.15, 0.2) is 60.8 Å². The predicted molar refractivity (Wildman–Crippen MR) is 111 cm³/mol. The molecule has 0 unspecified atom stereocenters. The van der Waals surface area contributed by atoms with Crippen LogP contribution in [-0.4, -0.2) is 29.5 Å². The second-order valence-electron chi connectivity index (χ2n) is 6.14. The largest absolute Gasteiger partial charge is 0.496 e. The highest BCUT2D eigenvalue weighted by molar-refractivity contribution is 5.89. The van der Waals surface area contributed by atoms with Crippen molar-refractivity contribution in [1.29, 1.82) is 0 Å². The number of carbonyl (C=O) groups is 1. The zero-order chi connectivity index (χ0) is 19.8. The van der Waals surface area contributed by atoms with E-state index in [2.05, 4.69) is 25.9 Å². The summed E-state index contributed by atoms with van der Waals surface area (Å²) in [6.07, 6.45) is 2.49. The van der Waals surface area contributed by atoms with Gasteiger partial charge in [0.1, 0.15) is 11.6 Å². The molecule has 0 atom stereocenters. The average Bonchev–Trinajstić information content (AvgIpc) is 2.68. The number of hydrogen-bond donors (Lipinski definition) is 3. The Morgan fingerprint density at radius 3 is 2.71 bits per heavy atom. The molecule has 1 amide bonds. The van der Waals surface area contributed by atoms with Gasteiger partial charge < -0.3 is 20.7 Å². The number of para-hydroxylation sites is 1. The number of ether oxygens (including phenoxy) is 1. The fourth-order valence-electron chi connectivity index (χ4n) is 2.76. The highest BCUT2D eigenvalue weighted by Gasteiger charge is 2.04. The molecule has 0 aliphatic rings. The van der Waals surface area contributed by atoms with Gasteiger partial charge in [-0.15, -0.1) is 0 Å². The van der Waals surface area contributed by atoms with E-state index in [1.165, 1.54) is 6.92 Å². The molecule has 0 saturated carbocycles. The van der Waals surface area contributed by atoms with E-state index >= 15 is 0 Å². The number of hydrogen-bond acceptors (Lipinski definition) is 6. The molecule has 0 saturated heterocycles. The van der Waals surface area contributed by atoms with Crippen LogP contribution in [0.1, 0.15) is 12.5 Å². The van der Waals surface area contributed by atoms with Gasteiger partial charge in [0.2, 0.25) is 11.9 Å². The van der Waals surface area contributed by atoms with Gasteiger partial charge in [-0.25, -0.2) is 4.98 Å². The standard InChI is InChI=1S/C21H23N5O2/c1-15(27)24-17-7-5-8-18(14-17)25-20-11-13-23-21(26-20)22-12-10-16-6-3-4-9-19(16)28-2/h3-9,11,13-14H,10,12H2,1-2H3,(H,24,27)(H2,22,23,25,26). The van der Waals surface area contributed by atoms with E-state index in [4.69, 9.17) is 4.74 Å². The van der Waals surface area contributed by atoms with Crippen LogP contribution in [0.5, 0.6) is 5.75 Å². The molecule has 3 aromatic rings. The summed E-state index contributed by atoms with van der Waals surface area (Å²) in [5.41, 5.74) is 2.67. The lowest BCUT2D eigenvalue weighted by atomic mass is 10.1. The van der Waals surface area contributed by atoms with E-state index in [1.807, 2.05) is 48.5 Å². The van der Waals surface area contributed by atoms with Crippen molar-refractivity contribution in [1.82, 2.24) is 9.97 Å². The third-order valence-electron chi connectivity index (χ3n) is 3.98. The predicted octanol–water partition coefficient (Wildman–Crippen LogP) is 3.84. The zero-order valence-electron chi connectivity index (χ0n) is 15.9. The molecule has 1 heterocycles. The monoisotopic (exact) mass is 377 g/mol. The summed E-state index contributed by atoms with van der Waals surface area (Å²) >= 11 is 0. The third kappa shape index (κ3) is 5.44. The van der Waals surface area contributed by atoms with E-state index in [-0.39, 0.29) is 5.91 Å². The maximum Gasteiger partial charge on any atom is 0.224 e. The van der Waals surface area contributed by atoms with Crippen molar-refractivity contribution in [2.75, 3.05) is 29.6 Å². The van der Waals surface area contributed by atoms with Gasteiger partial charge in [0.05, 0.1) is 7.11 Å². The van der Waals surface area contributed by atoms with Crippen LogP contribution < -0.4 is 20.7 Å². The molecule has 0 bridgehead atoms. The molecule has 7 nitrogen and oxygen atoms in total. The summed E-state index contributed by atoms with van der Waals surface area (Å²) in [5.74, 6) is 1.97. The van der Waals surface area contributed by atoms with Crippen molar-refractivity contribution < 1.29 is 9.53 Å². The SMILES string of the molecule is COc1ccccc1CCNc1nccc(Nc2cccc(NC(C)=O)c2)n1. The number of nitrogens with zero attached hydrogens (tertiary/aromatic N) is 2. The first kappa shape index (κ1) is 19.2. The van der Waals surface area contributed by atoms with Crippen molar-refractivity contribution in [3.8, 4) is 5.75 Å². The second kappa shape index (κ2) is 9.36. The van der Waals surface area contributed by atoms with Crippen LogP contribution >= 0.6 is 0 Å². The van der Waals surface area contributed by atoms with Crippen molar-refractivity contribution in [2.24, 2.45) is 0 Å². The van der Waals surface area contributed by atoms with Crippen molar-refractivity contribution in [2.45, 2.75) is 13.3 Å². The van der Waals surface area contributed by atoms with E-state index in [0.717, 1.165) is 29.1 Å². The topological polar surface area (TPSA) is 88.2 Å². The minimum atomic E-state index is -0.110. The van der Waals surface area contributed by atoms with Crippen LogP contribution in [0.4, 0.5) is 23.1 Å². The Morgan fingerprint density at radius 1 is 1.07 bits per heavy atom. The molecule has 7 heteroatoms. The van der Waals surface area contributed by atoms with Crippen molar-refractivity contribution >= 4 is 29.0 Å². The van der Waals surface area contributed by atoms with Crippen LogP contribution in [0.3, 0.4) is 0 Å². The van der Waals surface area contributed by atoms with Gasteiger partial charge in [-0.3, -0.25) is 4.79 Å². The summed E-state index contributed by atoms with van der Waals surface area (Å²) in [4.78, 5) is 19.9. The Hall–Kier alpha value is -3.61. The van der Waals surface area contributed by atoms with Gasteiger partial charge in [0, 0.05) is 31.0 Å². The summed E-state index contributed by atoms with van der Waals surface area (Å²) in [6.45, 7) is 2.16. The van der Waals surface area contributed by atoms with Gasteiger partial charge in [0.15, 0.2) is 0 Å².